The first-order valence-corrected chi connectivity index (χ1v) is 9.40. The first kappa shape index (κ1) is 17.2. The quantitative estimate of drug-likeness (QED) is 0.907. The van der Waals surface area contributed by atoms with Crippen molar-refractivity contribution in [1.82, 2.24) is 0 Å². The van der Waals surface area contributed by atoms with Crippen molar-refractivity contribution in [2.45, 2.75) is 13.0 Å². The minimum Gasteiger partial charge on any atom is -0.476 e. The maximum atomic E-state index is 13.2. The zero-order valence-electron chi connectivity index (χ0n) is 13.7. The maximum Gasteiger partial charge on any atom is 0.267 e. The Morgan fingerprint density at radius 1 is 1.28 bits per heavy atom. The Labute approximate surface area is 145 Å². The number of benzene rings is 2. The monoisotopic (exact) mass is 364 g/mol. The molecule has 0 bridgehead atoms. The van der Waals surface area contributed by atoms with Crippen LogP contribution in [0.3, 0.4) is 0 Å². The zero-order chi connectivity index (χ0) is 18.2. The van der Waals surface area contributed by atoms with Crippen molar-refractivity contribution in [3.8, 4) is 5.75 Å². The molecule has 8 heteroatoms. The number of carbonyl (C=O) groups excluding carboxylic acids is 1. The van der Waals surface area contributed by atoms with E-state index in [0.717, 1.165) is 16.1 Å². The lowest BCUT2D eigenvalue weighted by molar-refractivity contribution is -0.122. The first-order valence-electron chi connectivity index (χ1n) is 7.55. The fourth-order valence-corrected chi connectivity index (χ4v) is 3.51. The van der Waals surface area contributed by atoms with Crippen molar-refractivity contribution in [3.63, 3.8) is 0 Å². The molecule has 1 aliphatic rings. The molecule has 0 fully saturated rings. The van der Waals surface area contributed by atoms with Crippen LogP contribution < -0.4 is 14.4 Å². The molecule has 2 aromatic rings. The molecule has 0 saturated carbocycles. The number of rotatable bonds is 3. The molecule has 6 nitrogen and oxygen atoms in total. The Kier molecular flexibility index (Phi) is 4.38. The van der Waals surface area contributed by atoms with E-state index in [1.165, 1.54) is 24.3 Å². The highest BCUT2D eigenvalue weighted by Gasteiger charge is 2.35. The number of fused-ring (bicyclic) bond motifs is 1. The zero-order valence-corrected chi connectivity index (χ0v) is 14.5. The number of anilines is 2. The standard InChI is InChI=1S/C17H17FN2O4S/c1-11-6-7-15-14(8-11)20(25(2,22)23)10-16(24-15)17(21)19-13-5-3-4-12(18)9-13/h3-9,16H,10H2,1-2H3,(H,19,21)/t16-/m0/s1. The topological polar surface area (TPSA) is 75.7 Å². The summed E-state index contributed by atoms with van der Waals surface area (Å²) in [5.74, 6) is -0.729. The molecule has 1 atom stereocenters. The van der Waals surface area contributed by atoms with Gasteiger partial charge < -0.3 is 10.1 Å². The maximum absolute atomic E-state index is 13.2. The summed E-state index contributed by atoms with van der Waals surface area (Å²) in [7, 11) is -3.59. The van der Waals surface area contributed by atoms with E-state index in [2.05, 4.69) is 5.32 Å². The minimum absolute atomic E-state index is 0.156. The third-order valence-electron chi connectivity index (χ3n) is 3.77. The lowest BCUT2D eigenvalue weighted by atomic mass is 10.1. The van der Waals surface area contributed by atoms with Crippen LogP contribution in [0, 0.1) is 12.7 Å². The molecular weight excluding hydrogens is 347 g/mol. The summed E-state index contributed by atoms with van der Waals surface area (Å²) in [5, 5.41) is 2.54. The molecular formula is C17H17FN2O4S. The van der Waals surface area contributed by atoms with Gasteiger partial charge in [0.1, 0.15) is 11.6 Å². The highest BCUT2D eigenvalue weighted by atomic mass is 32.2. The van der Waals surface area contributed by atoms with Crippen LogP contribution in [0.4, 0.5) is 15.8 Å². The third-order valence-corrected chi connectivity index (χ3v) is 4.92. The van der Waals surface area contributed by atoms with Crippen LogP contribution in [0.1, 0.15) is 5.56 Å². The molecule has 2 aromatic carbocycles. The molecule has 0 radical (unpaired) electrons. The van der Waals surface area contributed by atoms with Crippen molar-refractivity contribution in [2.75, 3.05) is 22.4 Å². The Balaban J connectivity index is 1.89. The van der Waals surface area contributed by atoms with Gasteiger partial charge in [0.2, 0.25) is 10.0 Å². The van der Waals surface area contributed by atoms with Gasteiger partial charge in [-0.15, -0.1) is 0 Å². The van der Waals surface area contributed by atoms with Crippen molar-refractivity contribution in [3.05, 3.63) is 53.8 Å². The molecule has 1 amide bonds. The van der Waals surface area contributed by atoms with Gasteiger partial charge >= 0.3 is 0 Å². The van der Waals surface area contributed by atoms with Crippen LogP contribution >= 0.6 is 0 Å². The molecule has 1 heterocycles. The number of nitrogens with one attached hydrogen (secondary N) is 1. The second-order valence-corrected chi connectivity index (χ2v) is 7.78. The van der Waals surface area contributed by atoms with Gasteiger partial charge in [-0.05, 0) is 42.8 Å². The number of hydrogen-bond acceptors (Lipinski definition) is 4. The van der Waals surface area contributed by atoms with E-state index in [1.54, 1.807) is 18.2 Å². The molecule has 0 unspecified atom stereocenters. The average Bonchev–Trinajstić information content (AvgIpc) is 2.52. The van der Waals surface area contributed by atoms with Crippen LogP contribution in [-0.2, 0) is 14.8 Å². The largest absolute Gasteiger partial charge is 0.476 e. The summed E-state index contributed by atoms with van der Waals surface area (Å²) in [5.41, 5.74) is 1.55. The van der Waals surface area contributed by atoms with Gasteiger partial charge in [-0.3, -0.25) is 9.10 Å². The van der Waals surface area contributed by atoms with E-state index in [1.807, 2.05) is 6.92 Å². The Hall–Kier alpha value is -2.61. The molecule has 1 aliphatic heterocycles. The summed E-state index contributed by atoms with van der Waals surface area (Å²) in [4.78, 5) is 12.4. The second-order valence-electron chi connectivity index (χ2n) is 5.87. The summed E-state index contributed by atoms with van der Waals surface area (Å²) in [6.07, 6.45) is 0.0274. The van der Waals surface area contributed by atoms with E-state index in [0.29, 0.717) is 11.4 Å². The predicted molar refractivity (Wildman–Crippen MR) is 92.8 cm³/mol. The highest BCUT2D eigenvalue weighted by Crippen LogP contribution is 2.35. The Morgan fingerprint density at radius 3 is 2.72 bits per heavy atom. The smallest absolute Gasteiger partial charge is 0.267 e. The van der Waals surface area contributed by atoms with Crippen molar-refractivity contribution >= 4 is 27.3 Å². The van der Waals surface area contributed by atoms with Crippen LogP contribution in [0.15, 0.2) is 42.5 Å². The molecule has 132 valence electrons. The predicted octanol–water partition coefficient (Wildman–Crippen LogP) is 2.30. The summed E-state index contributed by atoms with van der Waals surface area (Å²) in [6, 6.07) is 10.5. The molecule has 0 aromatic heterocycles. The van der Waals surface area contributed by atoms with Gasteiger partial charge in [0.05, 0.1) is 18.5 Å². The number of aryl methyl sites for hydroxylation is 1. The summed E-state index contributed by atoms with van der Waals surface area (Å²) < 4.78 is 44.3. The van der Waals surface area contributed by atoms with E-state index >= 15 is 0 Å². The lowest BCUT2D eigenvalue weighted by Gasteiger charge is -2.34. The fraction of sp³-hybridized carbons (Fsp3) is 0.235. The van der Waals surface area contributed by atoms with Crippen LogP contribution in [0.2, 0.25) is 0 Å². The van der Waals surface area contributed by atoms with Gasteiger partial charge in [-0.1, -0.05) is 12.1 Å². The fourth-order valence-electron chi connectivity index (χ4n) is 2.60. The molecule has 25 heavy (non-hydrogen) atoms. The van der Waals surface area contributed by atoms with Crippen LogP contribution in [-0.4, -0.2) is 33.2 Å². The highest BCUT2D eigenvalue weighted by molar-refractivity contribution is 7.92. The van der Waals surface area contributed by atoms with Gasteiger partial charge in [0.15, 0.2) is 6.10 Å². The lowest BCUT2D eigenvalue weighted by Crippen LogP contribution is -2.48. The minimum atomic E-state index is -3.59. The summed E-state index contributed by atoms with van der Waals surface area (Å²) >= 11 is 0. The van der Waals surface area contributed by atoms with E-state index < -0.39 is 27.9 Å². The number of amides is 1. The molecule has 0 spiro atoms. The molecule has 3 rings (SSSR count). The number of sulfonamides is 1. The van der Waals surface area contributed by atoms with Crippen molar-refractivity contribution < 1.29 is 22.3 Å². The average molecular weight is 364 g/mol. The second kappa shape index (κ2) is 6.36. The summed E-state index contributed by atoms with van der Waals surface area (Å²) in [6.45, 7) is 1.68. The van der Waals surface area contributed by atoms with Crippen LogP contribution in [0.25, 0.3) is 0 Å². The van der Waals surface area contributed by atoms with Crippen molar-refractivity contribution in [1.29, 1.82) is 0 Å². The van der Waals surface area contributed by atoms with E-state index in [9.17, 15) is 17.6 Å². The first-order chi connectivity index (χ1) is 11.7. The van der Waals surface area contributed by atoms with Crippen molar-refractivity contribution in [2.24, 2.45) is 0 Å². The molecule has 0 saturated heterocycles. The Morgan fingerprint density at radius 2 is 2.04 bits per heavy atom. The van der Waals surface area contributed by atoms with Gasteiger partial charge in [-0.25, -0.2) is 12.8 Å². The molecule has 0 aliphatic carbocycles. The third kappa shape index (κ3) is 3.74. The number of nitrogens with zero attached hydrogens (tertiary/aromatic N) is 1. The number of carbonyl (C=O) groups is 1. The normalized spacial score (nSPS) is 16.8. The SMILES string of the molecule is Cc1ccc2c(c1)N(S(C)(=O)=O)C[C@@H](C(=O)Nc1cccc(F)c1)O2. The number of ether oxygens (including phenoxy) is 1. The van der Waals surface area contributed by atoms with E-state index in [-0.39, 0.29) is 12.2 Å². The Bertz CT molecular complexity index is 930. The van der Waals surface area contributed by atoms with Crippen LogP contribution in [0.5, 0.6) is 5.75 Å². The van der Waals surface area contributed by atoms with Gasteiger partial charge in [0.25, 0.3) is 5.91 Å². The van der Waals surface area contributed by atoms with E-state index in [4.69, 9.17) is 4.74 Å². The molecule has 1 N–H and O–H groups in total. The number of halogens is 1. The number of hydrogen-bond donors (Lipinski definition) is 1. The van der Waals surface area contributed by atoms with Gasteiger partial charge in [0, 0.05) is 5.69 Å². The van der Waals surface area contributed by atoms with Gasteiger partial charge in [-0.2, -0.15) is 0 Å².